The second-order valence-corrected chi connectivity index (χ2v) is 7.82. The van der Waals surface area contributed by atoms with Crippen molar-refractivity contribution in [1.29, 1.82) is 0 Å². The number of cyclic esters (lactones) is 1. The van der Waals surface area contributed by atoms with Gasteiger partial charge in [-0.15, -0.1) is 0 Å². The normalized spacial score (nSPS) is 37.7. The molecule has 1 saturated heterocycles. The summed E-state index contributed by atoms with van der Waals surface area (Å²) >= 11 is 0. The first-order valence-corrected chi connectivity index (χ1v) is 9.42. The van der Waals surface area contributed by atoms with Crippen LogP contribution in [0, 0.1) is 29.6 Å². The van der Waals surface area contributed by atoms with E-state index in [1.54, 1.807) is 0 Å². The summed E-state index contributed by atoms with van der Waals surface area (Å²) in [4.78, 5) is 36.9. The summed E-state index contributed by atoms with van der Waals surface area (Å²) < 4.78 is 5.55. The highest BCUT2D eigenvalue weighted by atomic mass is 16.5. The maximum atomic E-state index is 12.4. The summed E-state index contributed by atoms with van der Waals surface area (Å²) in [7, 11) is 0. The van der Waals surface area contributed by atoms with E-state index in [0.717, 1.165) is 12.8 Å². The van der Waals surface area contributed by atoms with Crippen LogP contribution in [0.4, 0.5) is 0 Å². The van der Waals surface area contributed by atoms with Crippen LogP contribution in [0.3, 0.4) is 0 Å². The predicted octanol–water partition coefficient (Wildman–Crippen LogP) is 4.20. The molecule has 4 nitrogen and oxygen atoms in total. The Morgan fingerprint density at radius 2 is 1.58 bits per heavy atom. The quantitative estimate of drug-likeness (QED) is 0.531. The zero-order valence-corrected chi connectivity index (χ0v) is 16.1. The third-order valence-corrected chi connectivity index (χ3v) is 5.95. The van der Waals surface area contributed by atoms with Crippen molar-refractivity contribution in [1.82, 2.24) is 0 Å². The maximum Gasteiger partial charge on any atom is 0.313 e. The van der Waals surface area contributed by atoms with Gasteiger partial charge in [0, 0.05) is 18.3 Å². The molecule has 1 fully saturated rings. The number of esters is 1. The molecule has 1 heterocycles. The summed E-state index contributed by atoms with van der Waals surface area (Å²) in [5, 5.41) is 0. The Balaban J connectivity index is 2.96. The van der Waals surface area contributed by atoms with Gasteiger partial charge in [-0.2, -0.15) is 0 Å². The summed E-state index contributed by atoms with van der Waals surface area (Å²) in [6.07, 6.45) is 2.42. The highest BCUT2D eigenvalue weighted by Gasteiger charge is 2.30. The van der Waals surface area contributed by atoms with Crippen molar-refractivity contribution in [2.75, 3.05) is 0 Å². The summed E-state index contributed by atoms with van der Waals surface area (Å²) in [6.45, 7) is 12.0. The van der Waals surface area contributed by atoms with Gasteiger partial charge >= 0.3 is 5.97 Å². The van der Waals surface area contributed by atoms with E-state index >= 15 is 0 Å². The van der Waals surface area contributed by atoms with Crippen LogP contribution in [-0.4, -0.2) is 23.6 Å². The van der Waals surface area contributed by atoms with Gasteiger partial charge in [-0.3, -0.25) is 14.4 Å². The molecular formula is C20H34O4. The first-order chi connectivity index (χ1) is 11.2. The van der Waals surface area contributed by atoms with Gasteiger partial charge in [-0.25, -0.2) is 0 Å². The predicted molar refractivity (Wildman–Crippen MR) is 94.5 cm³/mol. The molecule has 1 rings (SSSR count). The van der Waals surface area contributed by atoms with Crippen molar-refractivity contribution >= 4 is 17.5 Å². The molecule has 0 aromatic rings. The molecule has 24 heavy (non-hydrogen) atoms. The summed E-state index contributed by atoms with van der Waals surface area (Å²) in [5.41, 5.74) is 0. The highest BCUT2D eigenvalue weighted by molar-refractivity contribution is 5.96. The summed E-state index contributed by atoms with van der Waals surface area (Å²) in [6, 6.07) is 0. The maximum absolute atomic E-state index is 12.4. The molecule has 138 valence electrons. The molecule has 4 heteroatoms. The van der Waals surface area contributed by atoms with Crippen LogP contribution in [-0.2, 0) is 19.1 Å². The first kappa shape index (κ1) is 20.9. The number of hydrogen-bond acceptors (Lipinski definition) is 4. The minimum atomic E-state index is -0.429. The van der Waals surface area contributed by atoms with Gasteiger partial charge in [0.05, 0.1) is 0 Å². The zero-order valence-electron chi connectivity index (χ0n) is 16.1. The van der Waals surface area contributed by atoms with E-state index < -0.39 is 5.97 Å². The van der Waals surface area contributed by atoms with Gasteiger partial charge in [0.2, 0.25) is 0 Å². The molecule has 6 atom stereocenters. The van der Waals surface area contributed by atoms with E-state index in [2.05, 4.69) is 6.92 Å². The number of rotatable bonds is 1. The van der Waals surface area contributed by atoms with Crippen molar-refractivity contribution in [3.63, 3.8) is 0 Å². The Hall–Kier alpha value is -1.19. The van der Waals surface area contributed by atoms with E-state index in [1.165, 1.54) is 0 Å². The van der Waals surface area contributed by atoms with E-state index in [-0.39, 0.29) is 53.7 Å². The number of carbonyl (C=O) groups excluding carboxylic acids is 3. The Morgan fingerprint density at radius 1 is 0.958 bits per heavy atom. The molecule has 0 amide bonds. The fraction of sp³-hybridized carbons (Fsp3) is 0.850. The fourth-order valence-corrected chi connectivity index (χ4v) is 3.62. The lowest BCUT2D eigenvalue weighted by Gasteiger charge is -2.28. The Labute approximate surface area is 146 Å². The van der Waals surface area contributed by atoms with Crippen LogP contribution in [0.1, 0.15) is 73.6 Å². The standard InChI is InChI=1S/C20H34O4/c1-7-19-14(4)10-13(3)17(21)9-8-12(2)15(5)16(6)18(22)11-20(23)24-19/h12-16,19H,7-11H2,1-6H3/t12-,13+,14+,15-,16+,19+/m0/s1. The van der Waals surface area contributed by atoms with Crippen molar-refractivity contribution < 1.29 is 19.1 Å². The molecule has 0 aromatic carbocycles. The highest BCUT2D eigenvalue weighted by Crippen LogP contribution is 2.29. The molecule has 0 radical (unpaired) electrons. The van der Waals surface area contributed by atoms with Crippen molar-refractivity contribution in [2.45, 2.75) is 79.8 Å². The Kier molecular flexibility index (Phi) is 8.11. The van der Waals surface area contributed by atoms with Crippen molar-refractivity contribution in [2.24, 2.45) is 29.6 Å². The summed E-state index contributed by atoms with van der Waals surface area (Å²) in [5.74, 6) is 0.123. The molecule has 1 aliphatic rings. The topological polar surface area (TPSA) is 60.4 Å². The number of hydrogen-bond donors (Lipinski definition) is 0. The van der Waals surface area contributed by atoms with Crippen LogP contribution in [0.15, 0.2) is 0 Å². The van der Waals surface area contributed by atoms with Crippen LogP contribution in [0.5, 0.6) is 0 Å². The number of ketones is 2. The van der Waals surface area contributed by atoms with Gasteiger partial charge in [0.15, 0.2) is 0 Å². The molecular weight excluding hydrogens is 304 g/mol. The van der Waals surface area contributed by atoms with Crippen molar-refractivity contribution in [3.05, 3.63) is 0 Å². The molecule has 1 aliphatic heterocycles. The van der Waals surface area contributed by atoms with Gasteiger partial charge in [-0.05, 0) is 37.0 Å². The number of Topliss-reactive ketones (excluding diaryl/α,β-unsaturated/α-hetero) is 2. The average Bonchev–Trinajstić information content (AvgIpc) is 2.54. The second-order valence-electron chi connectivity index (χ2n) is 7.82. The number of ether oxygens (including phenoxy) is 1. The van der Waals surface area contributed by atoms with Gasteiger partial charge in [-0.1, -0.05) is 41.5 Å². The van der Waals surface area contributed by atoms with E-state index in [9.17, 15) is 14.4 Å². The lowest BCUT2D eigenvalue weighted by Crippen LogP contribution is -2.31. The fourth-order valence-electron chi connectivity index (χ4n) is 3.62. The minimum absolute atomic E-state index is 0.0164. The van der Waals surface area contributed by atoms with Crippen LogP contribution in [0.25, 0.3) is 0 Å². The third-order valence-electron chi connectivity index (χ3n) is 5.95. The second kappa shape index (κ2) is 9.33. The largest absolute Gasteiger partial charge is 0.462 e. The van der Waals surface area contributed by atoms with E-state index in [1.807, 2.05) is 34.6 Å². The minimum Gasteiger partial charge on any atom is -0.462 e. The zero-order chi connectivity index (χ0) is 18.4. The molecule has 0 N–H and O–H groups in total. The lowest BCUT2D eigenvalue weighted by molar-refractivity contribution is -0.154. The van der Waals surface area contributed by atoms with Crippen LogP contribution < -0.4 is 0 Å². The monoisotopic (exact) mass is 338 g/mol. The molecule has 0 aliphatic carbocycles. The molecule has 0 unspecified atom stereocenters. The van der Waals surface area contributed by atoms with Gasteiger partial charge in [0.25, 0.3) is 0 Å². The molecule has 0 bridgehead atoms. The van der Waals surface area contributed by atoms with E-state index in [4.69, 9.17) is 4.74 Å². The molecule has 0 spiro atoms. The van der Waals surface area contributed by atoms with Crippen molar-refractivity contribution in [3.8, 4) is 0 Å². The van der Waals surface area contributed by atoms with Crippen LogP contribution >= 0.6 is 0 Å². The van der Waals surface area contributed by atoms with Crippen LogP contribution in [0.2, 0.25) is 0 Å². The van der Waals surface area contributed by atoms with E-state index in [0.29, 0.717) is 12.8 Å². The lowest BCUT2D eigenvalue weighted by atomic mass is 9.78. The Morgan fingerprint density at radius 3 is 2.17 bits per heavy atom. The molecule has 0 saturated carbocycles. The SMILES string of the molecule is CC[C@H]1OC(=O)CC(=O)[C@H](C)[C@@H](C)[C@@H](C)CCC(=O)[C@H](C)C[C@H]1C. The number of carbonyl (C=O) groups is 3. The first-order valence-electron chi connectivity index (χ1n) is 9.42. The average molecular weight is 338 g/mol. The molecule has 0 aromatic heterocycles. The smallest absolute Gasteiger partial charge is 0.313 e. The Bertz CT molecular complexity index is 457. The van der Waals surface area contributed by atoms with Gasteiger partial charge in [0.1, 0.15) is 24.1 Å². The third kappa shape index (κ3) is 5.71. The van der Waals surface area contributed by atoms with Gasteiger partial charge < -0.3 is 4.74 Å².